The van der Waals surface area contributed by atoms with Crippen molar-refractivity contribution >= 4 is 17.7 Å². The first kappa shape index (κ1) is 14.4. The van der Waals surface area contributed by atoms with Gasteiger partial charge in [0.15, 0.2) is 0 Å². The van der Waals surface area contributed by atoms with E-state index in [0.717, 1.165) is 25.2 Å². The number of rotatable bonds is 4. The van der Waals surface area contributed by atoms with Crippen LogP contribution in [-0.4, -0.2) is 44.5 Å². The average Bonchev–Trinajstić information content (AvgIpc) is 2.46. The Hall–Kier alpha value is -2.06. The van der Waals surface area contributed by atoms with Crippen molar-refractivity contribution in [3.63, 3.8) is 0 Å². The first-order valence-electron chi connectivity index (χ1n) is 6.91. The van der Waals surface area contributed by atoms with E-state index in [-0.39, 0.29) is 0 Å². The normalized spacial score (nSPS) is 18.8. The standard InChI is InChI=1S/C15H21N5/c1-20(2)11-18-15-6-5-13(8-12(15)9-16)19-14-4-3-7-17-10-14/h5-6,8,11,14,17,19H,3-4,7,10H2,1-2H3/t14-/m1/s1. The van der Waals surface area contributed by atoms with E-state index in [2.05, 4.69) is 21.7 Å². The summed E-state index contributed by atoms with van der Waals surface area (Å²) in [5.41, 5.74) is 2.28. The Labute approximate surface area is 120 Å². The number of hydrogen-bond donors (Lipinski definition) is 2. The summed E-state index contributed by atoms with van der Waals surface area (Å²) in [6, 6.07) is 8.39. The van der Waals surface area contributed by atoms with E-state index in [1.165, 1.54) is 6.42 Å². The molecule has 0 spiro atoms. The number of hydrogen-bond acceptors (Lipinski definition) is 4. The molecule has 0 aliphatic carbocycles. The maximum Gasteiger partial charge on any atom is 0.101 e. The van der Waals surface area contributed by atoms with E-state index in [1.807, 2.05) is 37.2 Å². The lowest BCUT2D eigenvalue weighted by Gasteiger charge is -2.24. The second kappa shape index (κ2) is 6.92. The predicted octanol–water partition coefficient (Wildman–Crippen LogP) is 1.94. The molecule has 2 rings (SSSR count). The first-order valence-corrected chi connectivity index (χ1v) is 6.91. The van der Waals surface area contributed by atoms with Crippen molar-refractivity contribution in [3.05, 3.63) is 23.8 Å². The topological polar surface area (TPSA) is 63.4 Å². The molecule has 1 aromatic carbocycles. The van der Waals surface area contributed by atoms with Crippen LogP contribution in [0.4, 0.5) is 11.4 Å². The van der Waals surface area contributed by atoms with Crippen LogP contribution < -0.4 is 10.6 Å². The Morgan fingerprint density at radius 1 is 1.50 bits per heavy atom. The minimum atomic E-state index is 0.436. The fourth-order valence-corrected chi connectivity index (χ4v) is 2.22. The van der Waals surface area contributed by atoms with Gasteiger partial charge >= 0.3 is 0 Å². The molecule has 1 saturated heterocycles. The fraction of sp³-hybridized carbons (Fsp3) is 0.467. The molecule has 1 aliphatic rings. The number of aliphatic imine (C=N–C) groups is 1. The summed E-state index contributed by atoms with van der Waals surface area (Å²) in [7, 11) is 3.81. The highest BCUT2D eigenvalue weighted by atomic mass is 15.1. The molecule has 1 atom stereocenters. The van der Waals surface area contributed by atoms with Crippen molar-refractivity contribution in [2.75, 3.05) is 32.5 Å². The summed E-state index contributed by atoms with van der Waals surface area (Å²) in [6.07, 6.45) is 4.05. The van der Waals surface area contributed by atoms with Gasteiger partial charge in [-0.3, -0.25) is 0 Å². The van der Waals surface area contributed by atoms with E-state index in [0.29, 0.717) is 17.3 Å². The molecule has 0 bridgehead atoms. The number of piperidine rings is 1. The Morgan fingerprint density at radius 3 is 3.00 bits per heavy atom. The molecule has 0 unspecified atom stereocenters. The Bertz CT molecular complexity index is 509. The highest BCUT2D eigenvalue weighted by Gasteiger charge is 2.13. The third kappa shape index (κ3) is 3.97. The zero-order chi connectivity index (χ0) is 14.4. The Morgan fingerprint density at radius 2 is 2.35 bits per heavy atom. The van der Waals surface area contributed by atoms with Gasteiger partial charge in [-0.1, -0.05) is 0 Å². The van der Waals surface area contributed by atoms with Crippen LogP contribution >= 0.6 is 0 Å². The minimum absolute atomic E-state index is 0.436. The van der Waals surface area contributed by atoms with Gasteiger partial charge in [-0.2, -0.15) is 5.26 Å². The summed E-state index contributed by atoms with van der Waals surface area (Å²) < 4.78 is 0. The van der Waals surface area contributed by atoms with Gasteiger partial charge in [-0.05, 0) is 37.6 Å². The van der Waals surface area contributed by atoms with Crippen LogP contribution in [0.3, 0.4) is 0 Å². The molecule has 20 heavy (non-hydrogen) atoms. The highest BCUT2D eigenvalue weighted by molar-refractivity contribution is 5.68. The van der Waals surface area contributed by atoms with Crippen molar-refractivity contribution in [2.45, 2.75) is 18.9 Å². The van der Waals surface area contributed by atoms with Crippen LogP contribution in [0.2, 0.25) is 0 Å². The lowest BCUT2D eigenvalue weighted by atomic mass is 10.1. The SMILES string of the molecule is CN(C)C=Nc1ccc(N[C@@H]2CCCNC2)cc1C#N. The lowest BCUT2D eigenvalue weighted by molar-refractivity contribution is 0.480. The number of nitrogens with zero attached hydrogens (tertiary/aromatic N) is 3. The molecule has 5 heteroatoms. The molecule has 0 radical (unpaired) electrons. The van der Waals surface area contributed by atoms with Gasteiger partial charge in [-0.25, -0.2) is 4.99 Å². The van der Waals surface area contributed by atoms with Crippen molar-refractivity contribution < 1.29 is 0 Å². The molecule has 1 fully saturated rings. The first-order chi connectivity index (χ1) is 9.69. The molecule has 1 heterocycles. The number of benzene rings is 1. The molecular formula is C15H21N5. The Balaban J connectivity index is 2.10. The van der Waals surface area contributed by atoms with Crippen LogP contribution in [0, 0.1) is 11.3 Å². The van der Waals surface area contributed by atoms with Gasteiger partial charge in [0.2, 0.25) is 0 Å². The van der Waals surface area contributed by atoms with Gasteiger partial charge in [-0.15, -0.1) is 0 Å². The maximum atomic E-state index is 9.24. The van der Waals surface area contributed by atoms with E-state index < -0.39 is 0 Å². The van der Waals surface area contributed by atoms with Crippen LogP contribution in [0.25, 0.3) is 0 Å². The second-order valence-corrected chi connectivity index (χ2v) is 5.24. The molecular weight excluding hydrogens is 250 g/mol. The van der Waals surface area contributed by atoms with Gasteiger partial charge in [0, 0.05) is 32.4 Å². The van der Waals surface area contributed by atoms with Crippen molar-refractivity contribution in [2.24, 2.45) is 4.99 Å². The number of nitrogens with one attached hydrogen (secondary N) is 2. The summed E-state index contributed by atoms with van der Waals surface area (Å²) in [5.74, 6) is 0. The zero-order valence-electron chi connectivity index (χ0n) is 12.1. The van der Waals surface area contributed by atoms with Crippen molar-refractivity contribution in [3.8, 4) is 6.07 Å². The summed E-state index contributed by atoms with van der Waals surface area (Å²) in [5, 5.41) is 16.1. The molecule has 0 aromatic heterocycles. The van der Waals surface area contributed by atoms with Gasteiger partial charge in [0.05, 0.1) is 17.6 Å². The maximum absolute atomic E-state index is 9.24. The van der Waals surface area contributed by atoms with Crippen LogP contribution in [-0.2, 0) is 0 Å². The van der Waals surface area contributed by atoms with E-state index in [1.54, 1.807) is 6.34 Å². The highest BCUT2D eigenvalue weighted by Crippen LogP contribution is 2.23. The molecule has 2 N–H and O–H groups in total. The molecule has 106 valence electrons. The summed E-state index contributed by atoms with van der Waals surface area (Å²) in [4.78, 5) is 6.15. The van der Waals surface area contributed by atoms with Crippen LogP contribution in [0.1, 0.15) is 18.4 Å². The largest absolute Gasteiger partial charge is 0.381 e. The lowest BCUT2D eigenvalue weighted by Crippen LogP contribution is -2.38. The predicted molar refractivity (Wildman–Crippen MR) is 82.5 cm³/mol. The van der Waals surface area contributed by atoms with Crippen molar-refractivity contribution in [1.82, 2.24) is 10.2 Å². The monoisotopic (exact) mass is 271 g/mol. The van der Waals surface area contributed by atoms with Gasteiger partial charge < -0.3 is 15.5 Å². The van der Waals surface area contributed by atoms with Gasteiger partial charge in [0.1, 0.15) is 6.07 Å². The zero-order valence-corrected chi connectivity index (χ0v) is 12.1. The van der Waals surface area contributed by atoms with E-state index in [9.17, 15) is 5.26 Å². The van der Waals surface area contributed by atoms with Crippen LogP contribution in [0.15, 0.2) is 23.2 Å². The fourth-order valence-electron chi connectivity index (χ4n) is 2.22. The van der Waals surface area contributed by atoms with Crippen LogP contribution in [0.5, 0.6) is 0 Å². The number of anilines is 1. The third-order valence-corrected chi connectivity index (χ3v) is 3.21. The minimum Gasteiger partial charge on any atom is -0.381 e. The molecule has 0 amide bonds. The van der Waals surface area contributed by atoms with E-state index >= 15 is 0 Å². The summed E-state index contributed by atoms with van der Waals surface area (Å²) in [6.45, 7) is 2.07. The second-order valence-electron chi connectivity index (χ2n) is 5.24. The smallest absolute Gasteiger partial charge is 0.101 e. The third-order valence-electron chi connectivity index (χ3n) is 3.21. The number of nitriles is 1. The van der Waals surface area contributed by atoms with Gasteiger partial charge in [0.25, 0.3) is 0 Å². The molecule has 1 aromatic rings. The molecule has 5 nitrogen and oxygen atoms in total. The Kier molecular flexibility index (Phi) is 4.97. The summed E-state index contributed by atoms with van der Waals surface area (Å²) >= 11 is 0. The molecule has 0 saturated carbocycles. The molecule has 1 aliphatic heterocycles. The average molecular weight is 271 g/mol. The van der Waals surface area contributed by atoms with E-state index in [4.69, 9.17) is 0 Å². The quantitative estimate of drug-likeness (QED) is 0.649. The van der Waals surface area contributed by atoms with Crippen molar-refractivity contribution in [1.29, 1.82) is 5.26 Å².